The zero-order valence-electron chi connectivity index (χ0n) is 11.9. The fourth-order valence-electron chi connectivity index (χ4n) is 2.21. The fraction of sp³-hybridized carbons (Fsp3) is 0.286. The molecule has 0 aliphatic carbocycles. The van der Waals surface area contributed by atoms with Crippen LogP contribution in [0.2, 0.25) is 5.02 Å². The highest BCUT2D eigenvalue weighted by atomic mass is 35.5. The number of carbonyl (C=O) groups excluding carboxylic acids is 2. The van der Waals surface area contributed by atoms with Gasteiger partial charge in [-0.2, -0.15) is 5.10 Å². The van der Waals surface area contributed by atoms with Crippen molar-refractivity contribution in [2.75, 3.05) is 7.05 Å². The minimum atomic E-state index is -0.283. The number of fused-ring (bicyclic) bond motifs is 1. The minimum Gasteiger partial charge on any atom is -0.345 e. The van der Waals surface area contributed by atoms with Crippen LogP contribution in [0.25, 0.3) is 5.65 Å². The summed E-state index contributed by atoms with van der Waals surface area (Å²) in [6.45, 7) is 0.287. The lowest BCUT2D eigenvalue weighted by Gasteiger charge is -2.18. The number of pyridine rings is 1. The Balaban J connectivity index is 1.67. The molecule has 2 aromatic rings. The molecule has 1 aliphatic rings. The van der Waals surface area contributed by atoms with Crippen molar-refractivity contribution < 1.29 is 9.59 Å². The van der Waals surface area contributed by atoms with E-state index in [2.05, 4.69) is 15.4 Å². The molecule has 114 valence electrons. The van der Waals surface area contributed by atoms with Gasteiger partial charge in [-0.25, -0.2) is 9.99 Å². The third-order valence-electron chi connectivity index (χ3n) is 3.36. The average molecular weight is 320 g/mol. The molecule has 0 bridgehead atoms. The number of nitrogens with one attached hydrogen (secondary N) is 1. The molecule has 1 aliphatic heterocycles. The molecule has 0 fully saturated rings. The lowest BCUT2D eigenvalue weighted by atomic mass is 10.1. The second kappa shape index (κ2) is 5.76. The normalized spacial score (nSPS) is 15.1. The molecule has 0 aromatic carbocycles. The average Bonchev–Trinajstić information content (AvgIpc) is 2.89. The molecule has 0 radical (unpaired) electrons. The number of halogens is 1. The number of hydrazone groups is 1. The zero-order chi connectivity index (χ0) is 15.7. The van der Waals surface area contributed by atoms with Crippen LogP contribution in [0.15, 0.2) is 29.6 Å². The van der Waals surface area contributed by atoms with Crippen molar-refractivity contribution in [2.24, 2.45) is 5.10 Å². The van der Waals surface area contributed by atoms with Crippen LogP contribution in [0.1, 0.15) is 18.5 Å². The second-order valence-corrected chi connectivity index (χ2v) is 5.43. The number of amides is 2. The number of hydrogen-bond acceptors (Lipinski definition) is 4. The van der Waals surface area contributed by atoms with Crippen LogP contribution < -0.4 is 5.32 Å². The van der Waals surface area contributed by atoms with E-state index in [-0.39, 0.29) is 18.4 Å². The first-order valence-corrected chi connectivity index (χ1v) is 7.16. The summed E-state index contributed by atoms with van der Waals surface area (Å²) in [5.41, 5.74) is 1.83. The van der Waals surface area contributed by atoms with Gasteiger partial charge in [0.05, 0.1) is 17.3 Å². The largest absolute Gasteiger partial charge is 0.345 e. The van der Waals surface area contributed by atoms with Crippen molar-refractivity contribution in [3.05, 3.63) is 35.2 Å². The Hall–Kier alpha value is -2.41. The summed E-state index contributed by atoms with van der Waals surface area (Å²) < 4.78 is 1.80. The highest BCUT2D eigenvalue weighted by molar-refractivity contribution is 6.39. The first-order valence-electron chi connectivity index (χ1n) is 6.78. The molecule has 0 saturated heterocycles. The van der Waals surface area contributed by atoms with E-state index in [0.29, 0.717) is 23.6 Å². The lowest BCUT2D eigenvalue weighted by Crippen LogP contribution is -2.37. The molecule has 0 saturated carbocycles. The zero-order valence-corrected chi connectivity index (χ0v) is 12.7. The van der Waals surface area contributed by atoms with Gasteiger partial charge in [0.15, 0.2) is 0 Å². The third-order valence-corrected chi connectivity index (χ3v) is 3.59. The van der Waals surface area contributed by atoms with E-state index in [1.54, 1.807) is 36.0 Å². The number of nitrogens with zero attached hydrogens (tertiary/aromatic N) is 4. The first kappa shape index (κ1) is 14.5. The summed E-state index contributed by atoms with van der Waals surface area (Å²) in [5.74, 6) is -0.372. The molecule has 1 N–H and O–H groups in total. The Bertz CT molecular complexity index is 783. The van der Waals surface area contributed by atoms with Crippen LogP contribution in [0.3, 0.4) is 0 Å². The molecule has 2 aromatic heterocycles. The molecule has 0 spiro atoms. The van der Waals surface area contributed by atoms with E-state index in [1.165, 1.54) is 5.01 Å². The number of hydrogen-bond donors (Lipinski definition) is 1. The van der Waals surface area contributed by atoms with E-state index in [0.717, 1.165) is 11.3 Å². The topological polar surface area (TPSA) is 79.1 Å². The number of aromatic nitrogens is 2. The molecule has 22 heavy (non-hydrogen) atoms. The fourth-order valence-corrected chi connectivity index (χ4v) is 2.38. The molecule has 3 rings (SSSR count). The van der Waals surface area contributed by atoms with Gasteiger partial charge in [0.1, 0.15) is 11.4 Å². The molecule has 7 nitrogen and oxygen atoms in total. The summed E-state index contributed by atoms with van der Waals surface area (Å²) in [4.78, 5) is 27.8. The second-order valence-electron chi connectivity index (χ2n) is 4.99. The monoisotopic (exact) mass is 319 g/mol. The standard InChI is InChI=1S/C14H14ClN5O2/c1-19-13(21)5-3-11(18-19)14(22)16-6-10-8-20-7-9(15)2-4-12(20)17-10/h2,4,7-8H,3,5-6H2,1H3,(H,16,22). The van der Waals surface area contributed by atoms with E-state index < -0.39 is 0 Å². The number of carbonyl (C=O) groups is 2. The molecular formula is C14H14ClN5O2. The highest BCUT2D eigenvalue weighted by Crippen LogP contribution is 2.12. The maximum atomic E-state index is 12.1. The number of imidazole rings is 1. The van der Waals surface area contributed by atoms with Crippen molar-refractivity contribution in [3.8, 4) is 0 Å². The van der Waals surface area contributed by atoms with Gasteiger partial charge >= 0.3 is 0 Å². The van der Waals surface area contributed by atoms with Crippen LogP contribution in [-0.4, -0.2) is 39.0 Å². The van der Waals surface area contributed by atoms with Crippen molar-refractivity contribution in [1.29, 1.82) is 0 Å². The summed E-state index contributed by atoms with van der Waals surface area (Å²) in [5, 5.41) is 8.55. The van der Waals surface area contributed by atoms with Crippen LogP contribution in [-0.2, 0) is 16.1 Å². The Kier molecular flexibility index (Phi) is 3.81. The van der Waals surface area contributed by atoms with Gasteiger partial charge < -0.3 is 9.72 Å². The van der Waals surface area contributed by atoms with E-state index >= 15 is 0 Å². The third kappa shape index (κ3) is 2.94. The predicted molar refractivity (Wildman–Crippen MR) is 81.5 cm³/mol. The molecule has 3 heterocycles. The molecule has 2 amide bonds. The summed E-state index contributed by atoms with van der Waals surface area (Å²) in [7, 11) is 1.54. The molecule has 8 heteroatoms. The van der Waals surface area contributed by atoms with Gasteiger partial charge in [-0.05, 0) is 12.1 Å². The Morgan fingerprint density at radius 1 is 1.36 bits per heavy atom. The maximum Gasteiger partial charge on any atom is 0.267 e. The predicted octanol–water partition coefficient (Wildman–Crippen LogP) is 1.21. The Morgan fingerprint density at radius 3 is 2.95 bits per heavy atom. The molecule has 0 unspecified atom stereocenters. The lowest BCUT2D eigenvalue weighted by molar-refractivity contribution is -0.130. The van der Waals surface area contributed by atoms with Crippen LogP contribution in [0.4, 0.5) is 0 Å². The van der Waals surface area contributed by atoms with Gasteiger partial charge in [0.2, 0.25) is 5.91 Å². The van der Waals surface area contributed by atoms with Crippen LogP contribution in [0, 0.1) is 0 Å². The Labute approximate surface area is 131 Å². The van der Waals surface area contributed by atoms with Crippen molar-refractivity contribution in [1.82, 2.24) is 19.7 Å². The maximum absolute atomic E-state index is 12.1. The first-order chi connectivity index (χ1) is 10.5. The quantitative estimate of drug-likeness (QED) is 0.923. The van der Waals surface area contributed by atoms with Crippen LogP contribution in [0.5, 0.6) is 0 Å². The SMILES string of the molecule is CN1N=C(C(=O)NCc2cn3cc(Cl)ccc3n2)CCC1=O. The molecular weight excluding hydrogens is 306 g/mol. The van der Waals surface area contributed by atoms with Gasteiger partial charge in [-0.1, -0.05) is 11.6 Å². The van der Waals surface area contributed by atoms with E-state index in [4.69, 9.17) is 11.6 Å². The van der Waals surface area contributed by atoms with Crippen LogP contribution >= 0.6 is 11.6 Å². The summed E-state index contributed by atoms with van der Waals surface area (Å²) in [6.07, 6.45) is 4.21. The number of rotatable bonds is 3. The smallest absolute Gasteiger partial charge is 0.267 e. The highest BCUT2D eigenvalue weighted by Gasteiger charge is 2.21. The van der Waals surface area contributed by atoms with Gasteiger partial charge in [0, 0.05) is 32.3 Å². The summed E-state index contributed by atoms with van der Waals surface area (Å²) >= 11 is 5.92. The van der Waals surface area contributed by atoms with Gasteiger partial charge in [-0.15, -0.1) is 0 Å². The van der Waals surface area contributed by atoms with Crippen molar-refractivity contribution in [2.45, 2.75) is 19.4 Å². The minimum absolute atomic E-state index is 0.0891. The van der Waals surface area contributed by atoms with E-state index in [1.807, 2.05) is 0 Å². The van der Waals surface area contributed by atoms with Crippen molar-refractivity contribution >= 4 is 34.8 Å². The Morgan fingerprint density at radius 2 is 2.18 bits per heavy atom. The van der Waals surface area contributed by atoms with Crippen molar-refractivity contribution in [3.63, 3.8) is 0 Å². The summed E-state index contributed by atoms with van der Waals surface area (Å²) in [6, 6.07) is 3.56. The van der Waals surface area contributed by atoms with Gasteiger partial charge in [0.25, 0.3) is 5.91 Å². The van der Waals surface area contributed by atoms with Gasteiger partial charge in [-0.3, -0.25) is 9.59 Å². The van der Waals surface area contributed by atoms with E-state index in [9.17, 15) is 9.59 Å². The molecule has 0 atom stereocenters.